The van der Waals surface area contributed by atoms with Gasteiger partial charge in [0.15, 0.2) is 0 Å². The molecule has 0 aromatic heterocycles. The fourth-order valence-corrected chi connectivity index (χ4v) is 0.471. The van der Waals surface area contributed by atoms with Crippen LogP contribution in [0.5, 0.6) is 0 Å². The van der Waals surface area contributed by atoms with Gasteiger partial charge in [-0.1, -0.05) is 6.92 Å². The topological polar surface area (TPSA) is 83.5 Å². The van der Waals surface area contributed by atoms with E-state index >= 15 is 0 Å². The Morgan fingerprint density at radius 3 is 2.06 bits per heavy atom. The van der Waals surface area contributed by atoms with Crippen molar-refractivity contribution in [2.45, 2.75) is 27.2 Å². The van der Waals surface area contributed by atoms with Crippen LogP contribution in [0.2, 0.25) is 0 Å². The maximum atomic E-state index is 11.6. The second-order valence-electron chi connectivity index (χ2n) is 3.46. The van der Waals surface area contributed by atoms with Gasteiger partial charge in [0.05, 0.1) is 5.41 Å². The summed E-state index contributed by atoms with van der Waals surface area (Å²) in [5.74, 6) is -0.322. The van der Waals surface area contributed by atoms with E-state index in [0.717, 1.165) is 0 Å². The highest BCUT2D eigenvalue weighted by atomic mass is 32.3. The largest absolute Gasteiger partial charge is 0.722 e. The summed E-state index contributed by atoms with van der Waals surface area (Å²) in [5, 5.41) is 0. The molecule has 0 aliphatic carbocycles. The molecule has 98 valence electrons. The van der Waals surface area contributed by atoms with E-state index in [0.29, 0.717) is 6.42 Å². The summed E-state index contributed by atoms with van der Waals surface area (Å²) in [6, 6.07) is 0. The number of rotatable bonds is 4. The van der Waals surface area contributed by atoms with Gasteiger partial charge in [-0.3, -0.25) is 4.79 Å². The first kappa shape index (κ1) is 17.6. The summed E-state index contributed by atoms with van der Waals surface area (Å²) < 4.78 is 51.5. The fraction of sp³-hybridized carbons (Fsp3) is 0.875. The molecule has 0 saturated heterocycles. The Hall–Kier alpha value is -0.760. The third-order valence-corrected chi connectivity index (χ3v) is 1.75. The summed E-state index contributed by atoms with van der Waals surface area (Å²) in [7, 11) is -5.42. The van der Waals surface area contributed by atoms with E-state index in [9.17, 15) is 13.1 Å². The average molecular weight is 261 g/mol. The SMILES string of the molecule is CCC(C)(C)C(=O)OCCF.O=S(=O)([O-])F. The lowest BCUT2D eigenvalue weighted by molar-refractivity contribution is -0.154. The molecule has 0 heterocycles. The first-order chi connectivity index (χ1) is 7.04. The second kappa shape index (κ2) is 7.50. The fourth-order valence-electron chi connectivity index (χ4n) is 0.471. The third-order valence-electron chi connectivity index (χ3n) is 1.75. The first-order valence-corrected chi connectivity index (χ1v) is 5.74. The Morgan fingerprint density at radius 1 is 1.44 bits per heavy atom. The number of halogens is 2. The van der Waals surface area contributed by atoms with E-state index in [2.05, 4.69) is 4.74 Å². The molecule has 0 unspecified atom stereocenters. The monoisotopic (exact) mass is 261 g/mol. The molecule has 8 heteroatoms. The minimum absolute atomic E-state index is 0.123. The molecule has 0 fully saturated rings. The van der Waals surface area contributed by atoms with Crippen LogP contribution in [0, 0.1) is 5.41 Å². The van der Waals surface area contributed by atoms with Crippen molar-refractivity contribution in [1.29, 1.82) is 0 Å². The molecule has 0 aliphatic rings. The zero-order chi connectivity index (χ0) is 13.4. The van der Waals surface area contributed by atoms with Gasteiger partial charge in [0.1, 0.15) is 13.3 Å². The highest BCUT2D eigenvalue weighted by molar-refractivity contribution is 7.80. The van der Waals surface area contributed by atoms with Crippen molar-refractivity contribution in [3.63, 3.8) is 0 Å². The Balaban J connectivity index is 0. The van der Waals surface area contributed by atoms with Crippen molar-refractivity contribution in [1.82, 2.24) is 0 Å². The molecule has 16 heavy (non-hydrogen) atoms. The molecule has 0 saturated carbocycles. The highest BCUT2D eigenvalue weighted by Gasteiger charge is 2.26. The Bertz CT molecular complexity index is 292. The zero-order valence-corrected chi connectivity index (χ0v) is 10.1. The Kier molecular flexibility index (Phi) is 8.27. The van der Waals surface area contributed by atoms with Crippen molar-refractivity contribution in [3.05, 3.63) is 0 Å². The lowest BCUT2D eigenvalue weighted by Crippen LogP contribution is -2.26. The van der Waals surface area contributed by atoms with Gasteiger partial charge >= 0.3 is 5.97 Å². The van der Waals surface area contributed by atoms with Gasteiger partial charge in [-0.15, -0.1) is 3.89 Å². The minimum atomic E-state index is -5.42. The number of hydrogen-bond acceptors (Lipinski definition) is 5. The molecule has 0 atom stereocenters. The molecule has 0 aliphatic heterocycles. The molecule has 0 radical (unpaired) electrons. The number of hydrogen-bond donors (Lipinski definition) is 0. The van der Waals surface area contributed by atoms with Crippen LogP contribution in [0.1, 0.15) is 27.2 Å². The van der Waals surface area contributed by atoms with Gasteiger partial charge in [-0.25, -0.2) is 12.8 Å². The number of esters is 1. The van der Waals surface area contributed by atoms with E-state index in [1.807, 2.05) is 6.92 Å². The molecule has 0 aromatic rings. The van der Waals surface area contributed by atoms with Gasteiger partial charge in [0.25, 0.3) is 10.5 Å². The van der Waals surface area contributed by atoms with Gasteiger partial charge in [-0.05, 0) is 20.3 Å². The van der Waals surface area contributed by atoms with Crippen LogP contribution in [-0.4, -0.2) is 32.2 Å². The van der Waals surface area contributed by atoms with Crippen LogP contribution >= 0.6 is 0 Å². The number of ether oxygens (including phenoxy) is 1. The number of alkyl halides is 1. The van der Waals surface area contributed by atoms with Crippen LogP contribution in [0.4, 0.5) is 8.28 Å². The van der Waals surface area contributed by atoms with Crippen LogP contribution in [-0.2, 0) is 20.0 Å². The van der Waals surface area contributed by atoms with Crippen molar-refractivity contribution in [2.24, 2.45) is 5.41 Å². The van der Waals surface area contributed by atoms with E-state index < -0.39 is 22.6 Å². The first-order valence-electron chi connectivity index (χ1n) is 4.43. The minimum Gasteiger partial charge on any atom is -0.722 e. The number of carbonyl (C=O) groups excluding carboxylic acids is 1. The molecular formula is C8H15F2O5S-. The maximum absolute atomic E-state index is 11.6. The summed E-state index contributed by atoms with van der Waals surface area (Å²) in [6.07, 6.45) is 0.706. The maximum Gasteiger partial charge on any atom is 0.311 e. The highest BCUT2D eigenvalue weighted by Crippen LogP contribution is 2.21. The summed E-state index contributed by atoms with van der Waals surface area (Å²) >= 11 is 0. The third kappa shape index (κ3) is 13.2. The van der Waals surface area contributed by atoms with Gasteiger partial charge < -0.3 is 9.29 Å². The van der Waals surface area contributed by atoms with Crippen LogP contribution < -0.4 is 0 Å². The van der Waals surface area contributed by atoms with Crippen molar-refractivity contribution >= 4 is 16.5 Å². The molecule has 0 amide bonds. The zero-order valence-electron chi connectivity index (χ0n) is 9.33. The van der Waals surface area contributed by atoms with Gasteiger partial charge in [0, 0.05) is 0 Å². The normalized spacial score (nSPS) is 11.4. The second-order valence-corrected chi connectivity index (χ2v) is 4.24. The molecule has 0 spiro atoms. The molecule has 0 N–H and O–H groups in total. The molecular weight excluding hydrogens is 246 g/mol. The Morgan fingerprint density at radius 2 is 1.81 bits per heavy atom. The van der Waals surface area contributed by atoms with Crippen molar-refractivity contribution < 1.29 is 30.8 Å². The van der Waals surface area contributed by atoms with Gasteiger partial charge in [-0.2, -0.15) is 0 Å². The van der Waals surface area contributed by atoms with E-state index in [1.54, 1.807) is 13.8 Å². The summed E-state index contributed by atoms with van der Waals surface area (Å²) in [5.41, 5.74) is -0.477. The van der Waals surface area contributed by atoms with Crippen LogP contribution in [0.3, 0.4) is 0 Å². The molecule has 5 nitrogen and oxygen atoms in total. The van der Waals surface area contributed by atoms with Crippen molar-refractivity contribution in [3.8, 4) is 0 Å². The van der Waals surface area contributed by atoms with Crippen molar-refractivity contribution in [2.75, 3.05) is 13.3 Å². The lowest BCUT2D eigenvalue weighted by Gasteiger charge is -2.19. The quantitative estimate of drug-likeness (QED) is 0.433. The summed E-state index contributed by atoms with van der Waals surface area (Å²) in [4.78, 5) is 11.1. The molecule has 0 rings (SSSR count). The lowest BCUT2D eigenvalue weighted by atomic mass is 9.91. The van der Waals surface area contributed by atoms with E-state index in [-0.39, 0.29) is 12.6 Å². The predicted octanol–water partition coefficient (Wildman–Crippen LogP) is 1.35. The number of carbonyl (C=O) groups is 1. The molecule has 0 aromatic carbocycles. The summed E-state index contributed by atoms with van der Waals surface area (Å²) in [6.45, 7) is 4.74. The smallest absolute Gasteiger partial charge is 0.311 e. The predicted molar refractivity (Wildman–Crippen MR) is 51.8 cm³/mol. The van der Waals surface area contributed by atoms with Crippen LogP contribution in [0.15, 0.2) is 0 Å². The van der Waals surface area contributed by atoms with Gasteiger partial charge in [0.2, 0.25) is 0 Å². The van der Waals surface area contributed by atoms with Crippen LogP contribution in [0.25, 0.3) is 0 Å². The van der Waals surface area contributed by atoms with E-state index in [4.69, 9.17) is 13.0 Å². The molecule has 0 bridgehead atoms. The van der Waals surface area contributed by atoms with E-state index in [1.165, 1.54) is 0 Å². The average Bonchev–Trinajstić information content (AvgIpc) is 2.11. The Labute approximate surface area is 93.8 Å². The standard InChI is InChI=1S/C8H15FO2.FHO3S/c1-4-8(2,3)7(10)11-6-5-9;1-5(2,3)4/h4-6H2,1-3H3;(H,2,3,4)/p-1.